The van der Waals surface area contributed by atoms with E-state index in [4.69, 9.17) is 9.72 Å². The predicted octanol–water partition coefficient (Wildman–Crippen LogP) is 3.89. The SMILES string of the molecule is COc1ccc2c(CO)cc(-c3ccc4c(c3)CCC4)nc2c1. The third kappa shape index (κ3) is 2.47. The zero-order valence-electron chi connectivity index (χ0n) is 13.2. The number of aryl methyl sites for hydroxylation is 2. The second-order valence-electron chi connectivity index (χ2n) is 6.04. The minimum atomic E-state index is 0.00326. The summed E-state index contributed by atoms with van der Waals surface area (Å²) in [5.41, 5.74) is 6.66. The lowest BCUT2D eigenvalue weighted by Crippen LogP contribution is -1.94. The molecule has 1 N–H and O–H groups in total. The average Bonchev–Trinajstić information content (AvgIpc) is 3.07. The van der Waals surface area contributed by atoms with Crippen molar-refractivity contribution in [1.82, 2.24) is 4.98 Å². The maximum absolute atomic E-state index is 9.73. The van der Waals surface area contributed by atoms with Crippen molar-refractivity contribution < 1.29 is 9.84 Å². The van der Waals surface area contributed by atoms with Crippen LogP contribution in [0.15, 0.2) is 42.5 Å². The van der Waals surface area contributed by atoms with Crippen molar-refractivity contribution in [1.29, 1.82) is 0 Å². The monoisotopic (exact) mass is 305 g/mol. The van der Waals surface area contributed by atoms with Gasteiger partial charge in [-0.15, -0.1) is 0 Å². The molecule has 23 heavy (non-hydrogen) atoms. The van der Waals surface area contributed by atoms with E-state index in [0.29, 0.717) is 0 Å². The lowest BCUT2D eigenvalue weighted by molar-refractivity contribution is 0.283. The lowest BCUT2D eigenvalue weighted by atomic mass is 10.0. The third-order valence-corrected chi connectivity index (χ3v) is 4.67. The van der Waals surface area contributed by atoms with Crippen molar-refractivity contribution in [3.8, 4) is 17.0 Å². The van der Waals surface area contributed by atoms with E-state index < -0.39 is 0 Å². The molecule has 0 amide bonds. The van der Waals surface area contributed by atoms with Crippen LogP contribution in [0, 0.1) is 0 Å². The van der Waals surface area contributed by atoms with E-state index in [2.05, 4.69) is 18.2 Å². The Balaban J connectivity index is 1.89. The molecular formula is C20H19NO2. The minimum absolute atomic E-state index is 0.00326. The highest BCUT2D eigenvalue weighted by Gasteiger charge is 2.13. The zero-order chi connectivity index (χ0) is 15.8. The van der Waals surface area contributed by atoms with Gasteiger partial charge in [-0.05, 0) is 60.2 Å². The summed E-state index contributed by atoms with van der Waals surface area (Å²) >= 11 is 0. The van der Waals surface area contributed by atoms with Gasteiger partial charge in [0, 0.05) is 17.0 Å². The summed E-state index contributed by atoms with van der Waals surface area (Å²) in [5.74, 6) is 0.778. The van der Waals surface area contributed by atoms with Crippen LogP contribution >= 0.6 is 0 Å². The van der Waals surface area contributed by atoms with Gasteiger partial charge in [-0.2, -0.15) is 0 Å². The van der Waals surface area contributed by atoms with Crippen LogP contribution in [0.4, 0.5) is 0 Å². The Morgan fingerprint density at radius 2 is 1.91 bits per heavy atom. The van der Waals surface area contributed by atoms with Crippen molar-refractivity contribution >= 4 is 10.9 Å². The molecule has 2 aromatic carbocycles. The molecule has 3 heteroatoms. The van der Waals surface area contributed by atoms with Gasteiger partial charge in [0.15, 0.2) is 0 Å². The van der Waals surface area contributed by atoms with Gasteiger partial charge in [0.2, 0.25) is 0 Å². The van der Waals surface area contributed by atoms with E-state index in [1.54, 1.807) is 7.11 Å². The number of aliphatic hydroxyl groups is 1. The summed E-state index contributed by atoms with van der Waals surface area (Å²) in [6.07, 6.45) is 3.57. The average molecular weight is 305 g/mol. The molecule has 0 bridgehead atoms. The van der Waals surface area contributed by atoms with Crippen molar-refractivity contribution in [2.24, 2.45) is 0 Å². The molecule has 0 saturated carbocycles. The van der Waals surface area contributed by atoms with Gasteiger partial charge in [0.1, 0.15) is 5.75 Å². The maximum Gasteiger partial charge on any atom is 0.121 e. The zero-order valence-corrected chi connectivity index (χ0v) is 13.2. The quantitative estimate of drug-likeness (QED) is 0.798. The standard InChI is InChI=1S/C20H19NO2/c1-23-17-7-8-18-16(12-22)10-19(21-20(18)11-17)15-6-5-13-3-2-4-14(13)9-15/h5-11,22H,2-4,12H2,1H3. The molecule has 0 spiro atoms. The second kappa shape index (κ2) is 5.67. The van der Waals surface area contributed by atoms with Crippen LogP contribution in [0.1, 0.15) is 23.1 Å². The maximum atomic E-state index is 9.73. The number of ether oxygens (including phenoxy) is 1. The first-order valence-corrected chi connectivity index (χ1v) is 7.99. The van der Waals surface area contributed by atoms with Gasteiger partial charge in [-0.1, -0.05) is 12.1 Å². The normalized spacial score (nSPS) is 13.3. The Morgan fingerprint density at radius 3 is 2.74 bits per heavy atom. The van der Waals surface area contributed by atoms with E-state index in [9.17, 15) is 5.11 Å². The number of nitrogens with zero attached hydrogens (tertiary/aromatic N) is 1. The van der Waals surface area contributed by atoms with Gasteiger partial charge in [0.25, 0.3) is 0 Å². The minimum Gasteiger partial charge on any atom is -0.497 e. The summed E-state index contributed by atoms with van der Waals surface area (Å²) in [4.78, 5) is 4.80. The van der Waals surface area contributed by atoms with Crippen molar-refractivity contribution in [3.05, 3.63) is 59.2 Å². The summed E-state index contributed by atoms with van der Waals surface area (Å²) in [7, 11) is 1.65. The van der Waals surface area contributed by atoms with Gasteiger partial charge in [-0.3, -0.25) is 0 Å². The smallest absolute Gasteiger partial charge is 0.121 e. The molecule has 116 valence electrons. The highest BCUT2D eigenvalue weighted by molar-refractivity contribution is 5.86. The van der Waals surface area contributed by atoms with E-state index in [1.807, 2.05) is 24.3 Å². The molecule has 1 aliphatic rings. The van der Waals surface area contributed by atoms with Crippen LogP contribution < -0.4 is 4.74 Å². The summed E-state index contributed by atoms with van der Waals surface area (Å²) in [5, 5.41) is 10.7. The van der Waals surface area contributed by atoms with E-state index in [1.165, 1.54) is 24.0 Å². The fourth-order valence-electron chi connectivity index (χ4n) is 3.42. The van der Waals surface area contributed by atoms with E-state index in [0.717, 1.165) is 39.9 Å². The summed E-state index contributed by atoms with van der Waals surface area (Å²) < 4.78 is 5.30. The Bertz CT molecular complexity index is 886. The number of rotatable bonds is 3. The number of fused-ring (bicyclic) bond motifs is 2. The molecule has 0 radical (unpaired) electrons. The van der Waals surface area contributed by atoms with Crippen LogP contribution in [-0.2, 0) is 19.4 Å². The molecular weight excluding hydrogens is 286 g/mol. The molecule has 3 nitrogen and oxygen atoms in total. The third-order valence-electron chi connectivity index (χ3n) is 4.67. The van der Waals surface area contributed by atoms with Crippen LogP contribution in [0.5, 0.6) is 5.75 Å². The Hall–Kier alpha value is -2.39. The van der Waals surface area contributed by atoms with Crippen LogP contribution in [0.25, 0.3) is 22.2 Å². The number of aromatic nitrogens is 1. The topological polar surface area (TPSA) is 42.4 Å². The molecule has 0 saturated heterocycles. The molecule has 3 aromatic rings. The van der Waals surface area contributed by atoms with Crippen molar-refractivity contribution in [3.63, 3.8) is 0 Å². The van der Waals surface area contributed by atoms with E-state index >= 15 is 0 Å². The molecule has 0 unspecified atom stereocenters. The predicted molar refractivity (Wildman–Crippen MR) is 91.7 cm³/mol. The van der Waals surface area contributed by atoms with Crippen LogP contribution in [0.2, 0.25) is 0 Å². The Labute approximate surface area is 135 Å². The van der Waals surface area contributed by atoms with E-state index in [-0.39, 0.29) is 6.61 Å². The molecule has 1 aliphatic carbocycles. The van der Waals surface area contributed by atoms with Gasteiger partial charge in [0.05, 0.1) is 24.9 Å². The first-order valence-electron chi connectivity index (χ1n) is 7.99. The lowest BCUT2D eigenvalue weighted by Gasteiger charge is -2.10. The van der Waals surface area contributed by atoms with Gasteiger partial charge < -0.3 is 9.84 Å². The van der Waals surface area contributed by atoms with Gasteiger partial charge >= 0.3 is 0 Å². The number of pyridine rings is 1. The molecule has 0 aliphatic heterocycles. The summed E-state index contributed by atoms with van der Waals surface area (Å²) in [6.45, 7) is 0.00326. The van der Waals surface area contributed by atoms with Gasteiger partial charge in [-0.25, -0.2) is 4.98 Å². The number of hydrogen-bond donors (Lipinski definition) is 1. The van der Waals surface area contributed by atoms with Crippen LogP contribution in [-0.4, -0.2) is 17.2 Å². The Kier molecular flexibility index (Phi) is 3.50. The number of benzene rings is 2. The first kappa shape index (κ1) is 14.2. The molecule has 0 fully saturated rings. The molecule has 1 aromatic heterocycles. The van der Waals surface area contributed by atoms with Crippen molar-refractivity contribution in [2.75, 3.05) is 7.11 Å². The number of methoxy groups -OCH3 is 1. The first-order chi connectivity index (χ1) is 11.3. The second-order valence-corrected chi connectivity index (χ2v) is 6.04. The van der Waals surface area contributed by atoms with Crippen LogP contribution in [0.3, 0.4) is 0 Å². The largest absolute Gasteiger partial charge is 0.497 e. The molecule has 4 rings (SSSR count). The fourth-order valence-corrected chi connectivity index (χ4v) is 3.42. The highest BCUT2D eigenvalue weighted by Crippen LogP contribution is 2.30. The summed E-state index contributed by atoms with van der Waals surface area (Å²) in [6, 6.07) is 14.4. The fraction of sp³-hybridized carbons (Fsp3) is 0.250. The Morgan fingerprint density at radius 1 is 1.04 bits per heavy atom. The highest BCUT2D eigenvalue weighted by atomic mass is 16.5. The number of hydrogen-bond acceptors (Lipinski definition) is 3. The van der Waals surface area contributed by atoms with Crippen molar-refractivity contribution in [2.45, 2.75) is 25.9 Å². The molecule has 1 heterocycles. The molecule has 0 atom stereocenters. The number of aliphatic hydroxyl groups excluding tert-OH is 1.